The van der Waals surface area contributed by atoms with E-state index in [-0.39, 0.29) is 16.7 Å². The lowest BCUT2D eigenvalue weighted by Crippen LogP contribution is -2.01. The van der Waals surface area contributed by atoms with E-state index in [0.717, 1.165) is 11.1 Å². The van der Waals surface area contributed by atoms with Gasteiger partial charge in [0.15, 0.2) is 0 Å². The Hall–Kier alpha value is -0.950. The van der Waals surface area contributed by atoms with Crippen LogP contribution in [0.4, 0.5) is 0 Å². The standard InChI is InChI=1S/C9H12O3S.2H2O/c1-7-3-8(2)5-9(4-7)6-13(10,11)12;;/h3-5H,6H2,1-2H3,(H,10,11,12);2*1H2. The highest BCUT2D eigenvalue weighted by atomic mass is 32.2. The Labute approximate surface area is 89.1 Å². The van der Waals surface area contributed by atoms with Crippen molar-refractivity contribution in [1.29, 1.82) is 0 Å². The lowest BCUT2D eigenvalue weighted by molar-refractivity contribution is 0.482. The molecule has 5 nitrogen and oxygen atoms in total. The van der Waals surface area contributed by atoms with Gasteiger partial charge in [0, 0.05) is 0 Å². The summed E-state index contributed by atoms with van der Waals surface area (Å²) in [4.78, 5) is 0. The molecule has 1 aromatic rings. The van der Waals surface area contributed by atoms with E-state index in [1.807, 2.05) is 19.9 Å². The molecule has 0 aliphatic rings. The molecule has 5 N–H and O–H groups in total. The molecule has 1 aromatic carbocycles. The third-order valence-electron chi connectivity index (χ3n) is 1.63. The zero-order valence-electron chi connectivity index (χ0n) is 8.61. The van der Waals surface area contributed by atoms with Crippen molar-refractivity contribution in [2.75, 3.05) is 0 Å². The first kappa shape index (κ1) is 16.5. The Bertz CT molecular complexity index is 390. The van der Waals surface area contributed by atoms with Crippen LogP contribution in [0.25, 0.3) is 0 Å². The van der Waals surface area contributed by atoms with E-state index in [0.29, 0.717) is 5.56 Å². The van der Waals surface area contributed by atoms with Gasteiger partial charge in [0.1, 0.15) is 5.75 Å². The molecule has 0 radical (unpaired) electrons. The second kappa shape index (κ2) is 5.82. The first-order valence-electron chi connectivity index (χ1n) is 3.89. The molecule has 0 heterocycles. The molecule has 88 valence electrons. The minimum atomic E-state index is -3.91. The molecule has 0 aliphatic heterocycles. The number of hydrogen-bond acceptors (Lipinski definition) is 2. The third-order valence-corrected chi connectivity index (χ3v) is 2.33. The molecule has 0 unspecified atom stereocenters. The van der Waals surface area contributed by atoms with Crippen LogP contribution < -0.4 is 0 Å². The summed E-state index contributed by atoms with van der Waals surface area (Å²) >= 11 is 0. The van der Waals surface area contributed by atoms with E-state index in [2.05, 4.69) is 0 Å². The van der Waals surface area contributed by atoms with Crippen LogP contribution in [0.1, 0.15) is 16.7 Å². The molecule has 0 atom stereocenters. The minimum Gasteiger partial charge on any atom is -0.412 e. The molecule has 0 spiro atoms. The normalized spacial score (nSPS) is 10.1. The molecule has 15 heavy (non-hydrogen) atoms. The number of rotatable bonds is 2. The van der Waals surface area contributed by atoms with Crippen LogP contribution in [0, 0.1) is 13.8 Å². The summed E-state index contributed by atoms with van der Waals surface area (Å²) < 4.78 is 29.8. The van der Waals surface area contributed by atoms with Crippen LogP contribution in [-0.4, -0.2) is 23.9 Å². The lowest BCUT2D eigenvalue weighted by Gasteiger charge is -2.02. The van der Waals surface area contributed by atoms with Crippen molar-refractivity contribution < 1.29 is 23.9 Å². The Morgan fingerprint density at radius 2 is 1.47 bits per heavy atom. The van der Waals surface area contributed by atoms with Crippen molar-refractivity contribution in [3.63, 3.8) is 0 Å². The van der Waals surface area contributed by atoms with Gasteiger partial charge in [-0.3, -0.25) is 4.55 Å². The topological polar surface area (TPSA) is 117 Å². The Morgan fingerprint density at radius 1 is 1.07 bits per heavy atom. The van der Waals surface area contributed by atoms with Gasteiger partial charge >= 0.3 is 0 Å². The minimum absolute atomic E-state index is 0. The van der Waals surface area contributed by atoms with Gasteiger partial charge in [-0.2, -0.15) is 8.42 Å². The van der Waals surface area contributed by atoms with Gasteiger partial charge in [-0.1, -0.05) is 29.3 Å². The fourth-order valence-electron chi connectivity index (χ4n) is 1.36. The predicted molar refractivity (Wildman–Crippen MR) is 58.4 cm³/mol. The molecule has 0 fully saturated rings. The molecular formula is C9H16O5S. The number of benzene rings is 1. The summed E-state index contributed by atoms with van der Waals surface area (Å²) in [7, 11) is -3.91. The summed E-state index contributed by atoms with van der Waals surface area (Å²) in [6.07, 6.45) is 0. The van der Waals surface area contributed by atoms with Crippen molar-refractivity contribution in [2.45, 2.75) is 19.6 Å². The summed E-state index contributed by atoms with van der Waals surface area (Å²) in [6.45, 7) is 3.78. The number of hydrogen-bond donors (Lipinski definition) is 1. The van der Waals surface area contributed by atoms with Crippen molar-refractivity contribution in [3.8, 4) is 0 Å². The van der Waals surface area contributed by atoms with Crippen LogP contribution in [0.15, 0.2) is 18.2 Å². The molecule has 0 bridgehead atoms. The highest BCUT2D eigenvalue weighted by molar-refractivity contribution is 7.85. The first-order chi connectivity index (χ1) is 5.87. The highest BCUT2D eigenvalue weighted by Crippen LogP contribution is 2.11. The Kier molecular flexibility index (Phi) is 6.39. The molecule has 0 aliphatic carbocycles. The molecule has 6 heteroatoms. The summed E-state index contributed by atoms with van der Waals surface area (Å²) in [5.74, 6) is -0.310. The van der Waals surface area contributed by atoms with E-state index < -0.39 is 10.1 Å². The highest BCUT2D eigenvalue weighted by Gasteiger charge is 2.06. The summed E-state index contributed by atoms with van der Waals surface area (Å²) in [5.41, 5.74) is 2.62. The monoisotopic (exact) mass is 236 g/mol. The maximum atomic E-state index is 10.6. The van der Waals surface area contributed by atoms with Gasteiger partial charge in [0.2, 0.25) is 0 Å². The molecule has 0 amide bonds. The summed E-state index contributed by atoms with van der Waals surface area (Å²) in [6, 6.07) is 5.45. The maximum Gasteiger partial charge on any atom is 0.269 e. The largest absolute Gasteiger partial charge is 0.412 e. The van der Waals surface area contributed by atoms with Crippen LogP contribution in [0.3, 0.4) is 0 Å². The molecule has 1 rings (SSSR count). The predicted octanol–water partition coefficient (Wildman–Crippen LogP) is 0.0418. The average molecular weight is 236 g/mol. The van der Waals surface area contributed by atoms with Gasteiger partial charge in [-0.15, -0.1) is 0 Å². The van der Waals surface area contributed by atoms with E-state index in [1.165, 1.54) is 0 Å². The zero-order chi connectivity index (χ0) is 10.1. The van der Waals surface area contributed by atoms with Crippen molar-refractivity contribution in [1.82, 2.24) is 0 Å². The van der Waals surface area contributed by atoms with Gasteiger partial charge in [-0.25, -0.2) is 0 Å². The van der Waals surface area contributed by atoms with E-state index >= 15 is 0 Å². The van der Waals surface area contributed by atoms with Gasteiger partial charge < -0.3 is 11.0 Å². The van der Waals surface area contributed by atoms with Crippen LogP contribution >= 0.6 is 0 Å². The van der Waals surface area contributed by atoms with Crippen LogP contribution in [0.5, 0.6) is 0 Å². The lowest BCUT2D eigenvalue weighted by atomic mass is 10.1. The second-order valence-electron chi connectivity index (χ2n) is 3.22. The van der Waals surface area contributed by atoms with Crippen molar-refractivity contribution in [3.05, 3.63) is 34.9 Å². The average Bonchev–Trinajstić information content (AvgIpc) is 1.78. The van der Waals surface area contributed by atoms with Gasteiger partial charge in [0.25, 0.3) is 10.1 Å². The van der Waals surface area contributed by atoms with Gasteiger partial charge in [0.05, 0.1) is 0 Å². The van der Waals surface area contributed by atoms with E-state index in [9.17, 15) is 8.42 Å². The van der Waals surface area contributed by atoms with E-state index in [4.69, 9.17) is 4.55 Å². The fourth-order valence-corrected chi connectivity index (χ4v) is 1.95. The quantitative estimate of drug-likeness (QED) is 0.730. The maximum absolute atomic E-state index is 10.6. The van der Waals surface area contributed by atoms with Crippen LogP contribution in [-0.2, 0) is 15.9 Å². The molecular weight excluding hydrogens is 220 g/mol. The third kappa shape index (κ3) is 6.19. The Morgan fingerprint density at radius 3 is 1.80 bits per heavy atom. The van der Waals surface area contributed by atoms with Crippen molar-refractivity contribution in [2.24, 2.45) is 0 Å². The first-order valence-corrected chi connectivity index (χ1v) is 5.50. The van der Waals surface area contributed by atoms with Gasteiger partial charge in [-0.05, 0) is 19.4 Å². The molecule has 0 aromatic heterocycles. The smallest absolute Gasteiger partial charge is 0.269 e. The second-order valence-corrected chi connectivity index (χ2v) is 4.67. The molecule has 0 saturated heterocycles. The Balaban J connectivity index is 0. The fraction of sp³-hybridized carbons (Fsp3) is 0.333. The zero-order valence-corrected chi connectivity index (χ0v) is 9.43. The van der Waals surface area contributed by atoms with E-state index in [1.54, 1.807) is 12.1 Å². The van der Waals surface area contributed by atoms with Crippen LogP contribution in [0.2, 0.25) is 0 Å². The van der Waals surface area contributed by atoms with Crippen molar-refractivity contribution >= 4 is 10.1 Å². The molecule has 0 saturated carbocycles. The summed E-state index contributed by atoms with van der Waals surface area (Å²) in [5, 5.41) is 0. The number of aryl methyl sites for hydroxylation is 2. The SMILES string of the molecule is Cc1cc(C)cc(CS(=O)(=O)O)c1.O.O.